The van der Waals surface area contributed by atoms with Gasteiger partial charge in [0.05, 0.1) is 25.7 Å². The van der Waals surface area contributed by atoms with Gasteiger partial charge in [-0.15, -0.1) is 0 Å². The summed E-state index contributed by atoms with van der Waals surface area (Å²) in [5.74, 6) is -17.0. The molecule has 0 saturated heterocycles. The summed E-state index contributed by atoms with van der Waals surface area (Å²) in [4.78, 5) is 90.5. The number of ether oxygens (including phenoxy) is 2. The van der Waals surface area contributed by atoms with E-state index < -0.39 is 96.8 Å². The van der Waals surface area contributed by atoms with Gasteiger partial charge in [-0.05, 0) is 0 Å². The summed E-state index contributed by atoms with van der Waals surface area (Å²) in [6.45, 7) is 0. The molecule has 36 heavy (non-hydrogen) atoms. The van der Waals surface area contributed by atoms with Crippen molar-refractivity contribution in [2.75, 3.05) is 0 Å². The highest BCUT2D eigenvalue weighted by molar-refractivity contribution is 5.94. The molecule has 0 amide bonds. The Morgan fingerprint density at radius 2 is 0.694 bits per heavy atom. The Bertz CT molecular complexity index is 794. The van der Waals surface area contributed by atoms with E-state index in [1.54, 1.807) is 0 Å². The average molecular weight is 532 g/mol. The van der Waals surface area contributed by atoms with Gasteiger partial charge in [0.15, 0.2) is 12.2 Å². The normalized spacial score (nSPS) is 12.4. The molecular weight excluding hydrogens is 508 g/mol. The topological polar surface area (TPSA) is 387 Å². The Labute approximate surface area is 198 Å². The van der Waals surface area contributed by atoms with Crippen molar-refractivity contribution in [3.63, 3.8) is 0 Å². The molecule has 0 aromatic rings. The minimum absolute atomic E-state index is 0. The first-order chi connectivity index (χ1) is 15.4. The Morgan fingerprint density at radius 3 is 0.833 bits per heavy atom. The highest BCUT2D eigenvalue weighted by Gasteiger charge is 2.51. The first-order valence-electron chi connectivity index (χ1n) is 8.55. The number of hydrogen-bond donors (Lipinski definition) is 10. The predicted octanol–water partition coefficient (Wildman–Crippen LogP) is -3.34. The van der Waals surface area contributed by atoms with Crippen molar-refractivity contribution >= 4 is 47.8 Å². The third-order valence-electron chi connectivity index (χ3n) is 3.90. The molecule has 0 aliphatic rings. The molecule has 2 unspecified atom stereocenters. The van der Waals surface area contributed by atoms with Crippen molar-refractivity contribution in [2.45, 2.75) is 49.1 Å². The van der Waals surface area contributed by atoms with Gasteiger partial charge < -0.3 is 62.6 Å². The van der Waals surface area contributed by atoms with Crippen LogP contribution in [0.25, 0.3) is 0 Å². The molecule has 0 aromatic carbocycles. The summed E-state index contributed by atoms with van der Waals surface area (Å²) in [6, 6.07) is 0. The quantitative estimate of drug-likeness (QED) is 0.0920. The standard InChI is InChI=1S/C16H18O18.2H3N/c17-5(18)1-15(13(29)30,2-6(19)20)33-11(27)9(25)10(26)12(28)34-16(14(31)32,3-7(21)22)4-8(23)24;;/h9-10,25-26H,1-4H2,(H,17,18)(H,19,20)(H,21,22)(H,23,24)(H,29,30)(H,31,32);2*1H3. The van der Waals surface area contributed by atoms with E-state index in [2.05, 4.69) is 9.47 Å². The van der Waals surface area contributed by atoms with Crippen molar-refractivity contribution in [1.29, 1.82) is 0 Å². The van der Waals surface area contributed by atoms with Crippen LogP contribution in [0.5, 0.6) is 0 Å². The van der Waals surface area contributed by atoms with Crippen molar-refractivity contribution in [1.82, 2.24) is 12.3 Å². The maximum atomic E-state index is 12.0. The zero-order valence-electron chi connectivity index (χ0n) is 18.1. The molecule has 0 aliphatic carbocycles. The molecule has 0 saturated carbocycles. The summed E-state index contributed by atoms with van der Waals surface area (Å²) in [5.41, 5.74) is -6.65. The number of carbonyl (C=O) groups excluding carboxylic acids is 2. The second kappa shape index (κ2) is 14.1. The predicted molar refractivity (Wildman–Crippen MR) is 104 cm³/mol. The maximum absolute atomic E-state index is 12.0. The zero-order chi connectivity index (χ0) is 27.0. The third-order valence-corrected chi connectivity index (χ3v) is 3.90. The molecule has 0 bridgehead atoms. The molecule has 206 valence electrons. The van der Waals surface area contributed by atoms with Crippen LogP contribution in [0.4, 0.5) is 0 Å². The van der Waals surface area contributed by atoms with Crippen molar-refractivity contribution in [3.05, 3.63) is 0 Å². The summed E-state index contributed by atoms with van der Waals surface area (Å²) in [6.07, 6.45) is -12.9. The van der Waals surface area contributed by atoms with Gasteiger partial charge in [-0.2, -0.15) is 0 Å². The van der Waals surface area contributed by atoms with Crippen LogP contribution < -0.4 is 12.3 Å². The summed E-state index contributed by atoms with van der Waals surface area (Å²) in [7, 11) is 0. The SMILES string of the molecule is N.N.O=C(O)CC(CC(=O)O)(OC(=O)C(O)C(O)C(=O)OC(CC(=O)O)(CC(=O)O)C(=O)O)C(=O)O. The molecule has 14 N–H and O–H groups in total. The van der Waals surface area contributed by atoms with Gasteiger partial charge in [-0.25, -0.2) is 19.2 Å². The van der Waals surface area contributed by atoms with Crippen molar-refractivity contribution in [3.8, 4) is 0 Å². The minimum atomic E-state index is -3.32. The van der Waals surface area contributed by atoms with E-state index in [1.807, 2.05) is 0 Å². The average Bonchev–Trinajstić information content (AvgIpc) is 2.63. The van der Waals surface area contributed by atoms with Crippen molar-refractivity contribution < 1.29 is 88.7 Å². The molecule has 2 atom stereocenters. The van der Waals surface area contributed by atoms with Gasteiger partial charge >= 0.3 is 47.8 Å². The van der Waals surface area contributed by atoms with E-state index >= 15 is 0 Å². The van der Waals surface area contributed by atoms with Crippen LogP contribution >= 0.6 is 0 Å². The molecule has 0 aliphatic heterocycles. The number of hydrogen-bond acceptors (Lipinski definition) is 14. The highest BCUT2D eigenvalue weighted by atomic mass is 16.6. The minimum Gasteiger partial charge on any atom is -0.481 e. The Morgan fingerprint density at radius 1 is 0.500 bits per heavy atom. The van der Waals surface area contributed by atoms with E-state index in [-0.39, 0.29) is 12.3 Å². The van der Waals surface area contributed by atoms with E-state index in [0.29, 0.717) is 0 Å². The molecule has 0 aromatic heterocycles. The zero-order valence-corrected chi connectivity index (χ0v) is 18.1. The Kier molecular flexibility index (Phi) is 14.2. The molecule has 20 heteroatoms. The smallest absolute Gasteiger partial charge is 0.349 e. The van der Waals surface area contributed by atoms with Crippen LogP contribution in [0.15, 0.2) is 0 Å². The maximum Gasteiger partial charge on any atom is 0.349 e. The Hall–Kier alpha value is -4.40. The Balaban J connectivity index is -0.00000544. The second-order valence-corrected chi connectivity index (χ2v) is 6.61. The first-order valence-corrected chi connectivity index (χ1v) is 8.55. The lowest BCUT2D eigenvalue weighted by Gasteiger charge is -2.29. The fraction of sp³-hybridized carbons (Fsp3) is 0.500. The molecule has 20 nitrogen and oxygen atoms in total. The van der Waals surface area contributed by atoms with Crippen LogP contribution in [-0.2, 0) is 47.8 Å². The first kappa shape index (κ1) is 36.2. The summed E-state index contributed by atoms with van der Waals surface area (Å²) in [5, 5.41) is 73.1. The lowest BCUT2D eigenvalue weighted by Crippen LogP contribution is -2.53. The van der Waals surface area contributed by atoms with Crippen LogP contribution in [-0.4, -0.2) is 112 Å². The number of carbonyl (C=O) groups is 8. The van der Waals surface area contributed by atoms with Gasteiger partial charge in [0.2, 0.25) is 11.2 Å². The second-order valence-electron chi connectivity index (χ2n) is 6.61. The molecule has 0 radical (unpaired) electrons. The van der Waals surface area contributed by atoms with Gasteiger partial charge in [0.25, 0.3) is 0 Å². The fourth-order valence-electron chi connectivity index (χ4n) is 2.40. The number of aliphatic hydroxyl groups is 2. The largest absolute Gasteiger partial charge is 0.481 e. The van der Waals surface area contributed by atoms with E-state index in [4.69, 9.17) is 30.6 Å². The number of aliphatic carboxylic acids is 6. The van der Waals surface area contributed by atoms with Crippen LogP contribution in [0.2, 0.25) is 0 Å². The van der Waals surface area contributed by atoms with Crippen molar-refractivity contribution in [2.24, 2.45) is 0 Å². The van der Waals surface area contributed by atoms with E-state index in [1.165, 1.54) is 0 Å². The van der Waals surface area contributed by atoms with E-state index in [9.17, 15) is 48.6 Å². The monoisotopic (exact) mass is 532 g/mol. The number of rotatable bonds is 15. The van der Waals surface area contributed by atoms with Crippen LogP contribution in [0.3, 0.4) is 0 Å². The van der Waals surface area contributed by atoms with Gasteiger partial charge in [-0.1, -0.05) is 0 Å². The third kappa shape index (κ3) is 9.84. The lowest BCUT2D eigenvalue weighted by molar-refractivity contribution is -0.202. The molecule has 0 fully saturated rings. The van der Waals surface area contributed by atoms with Gasteiger partial charge in [0, 0.05) is 0 Å². The molecule has 0 rings (SSSR count). The van der Waals surface area contributed by atoms with E-state index in [0.717, 1.165) is 0 Å². The number of carboxylic acid groups (broad SMARTS) is 6. The molecular formula is C16H24N2O18. The van der Waals surface area contributed by atoms with Crippen LogP contribution in [0, 0.1) is 0 Å². The summed E-state index contributed by atoms with van der Waals surface area (Å²) >= 11 is 0. The molecule has 0 heterocycles. The summed E-state index contributed by atoms with van der Waals surface area (Å²) < 4.78 is 8.48. The van der Waals surface area contributed by atoms with Gasteiger partial charge in [0.1, 0.15) is 0 Å². The number of aliphatic hydroxyl groups excluding tert-OH is 2. The fourth-order valence-corrected chi connectivity index (χ4v) is 2.40. The molecule has 0 spiro atoms. The lowest BCUT2D eigenvalue weighted by atomic mass is 9.94. The van der Waals surface area contributed by atoms with Crippen LogP contribution in [0.1, 0.15) is 25.7 Å². The van der Waals surface area contributed by atoms with Gasteiger partial charge in [-0.3, -0.25) is 19.2 Å². The number of esters is 2. The highest BCUT2D eigenvalue weighted by Crippen LogP contribution is 2.26. The number of carboxylic acids is 6.